The molecule has 0 saturated carbocycles. The Bertz CT molecular complexity index is 1230. The van der Waals surface area contributed by atoms with Crippen LogP contribution in [0.1, 0.15) is 26.5 Å². The van der Waals surface area contributed by atoms with Gasteiger partial charge in [0.25, 0.3) is 0 Å². The van der Waals surface area contributed by atoms with E-state index in [0.717, 1.165) is 11.3 Å². The van der Waals surface area contributed by atoms with Gasteiger partial charge < -0.3 is 20.5 Å². The quantitative estimate of drug-likeness (QED) is 0.599. The maximum Gasteiger partial charge on any atom is 0.346 e. The third-order valence-corrected chi connectivity index (χ3v) is 6.92. The van der Waals surface area contributed by atoms with Gasteiger partial charge in [0.1, 0.15) is 16.0 Å². The lowest BCUT2D eigenvalue weighted by atomic mass is 9.74. The van der Waals surface area contributed by atoms with E-state index in [2.05, 4.69) is 10.6 Å². The highest BCUT2D eigenvalue weighted by atomic mass is 32.1. The molecule has 2 aromatic carbocycles. The molecule has 0 aliphatic carbocycles. The zero-order valence-corrected chi connectivity index (χ0v) is 16.6. The van der Waals surface area contributed by atoms with Crippen molar-refractivity contribution in [3.63, 3.8) is 0 Å². The standard InChI is InChI=1S/C22H16N2O5S/c1-29-12-8-6-11(7-9-12)16-17-19(30-18(16)20(26)27)22(10-15(25)24-17)13-4-2-3-5-14(13)23-21(22)28/h2-9H,10H2,1H3,(H,23,28)(H,24,25)(H,26,27). The molecule has 3 aromatic rings. The van der Waals surface area contributed by atoms with E-state index in [0.29, 0.717) is 38.7 Å². The number of rotatable bonds is 3. The van der Waals surface area contributed by atoms with Crippen molar-refractivity contribution in [2.45, 2.75) is 11.8 Å². The number of aromatic carboxylic acids is 1. The molecule has 1 aromatic heterocycles. The topological polar surface area (TPSA) is 105 Å². The van der Waals surface area contributed by atoms with Crippen molar-refractivity contribution in [2.24, 2.45) is 0 Å². The number of thiophene rings is 1. The molecule has 1 atom stereocenters. The van der Waals surface area contributed by atoms with Gasteiger partial charge in [-0.2, -0.15) is 0 Å². The minimum absolute atomic E-state index is 0.0731. The molecule has 2 aliphatic heterocycles. The first-order valence-electron chi connectivity index (χ1n) is 9.21. The number of ether oxygens (including phenoxy) is 1. The number of amides is 2. The highest BCUT2D eigenvalue weighted by Gasteiger charge is 2.55. The predicted octanol–water partition coefficient (Wildman–Crippen LogP) is 3.70. The molecule has 0 bridgehead atoms. The molecule has 8 heteroatoms. The Balaban J connectivity index is 1.81. The molecule has 2 aliphatic rings. The van der Waals surface area contributed by atoms with Crippen LogP contribution in [-0.2, 0) is 15.0 Å². The number of hydrogen-bond acceptors (Lipinski definition) is 5. The molecule has 1 unspecified atom stereocenters. The molecule has 150 valence electrons. The first-order valence-corrected chi connectivity index (χ1v) is 10.0. The number of hydrogen-bond donors (Lipinski definition) is 3. The first kappa shape index (κ1) is 18.4. The molecule has 0 fully saturated rings. The highest BCUT2D eigenvalue weighted by molar-refractivity contribution is 7.15. The van der Waals surface area contributed by atoms with Crippen LogP contribution in [-0.4, -0.2) is 30.0 Å². The van der Waals surface area contributed by atoms with Gasteiger partial charge in [-0.1, -0.05) is 30.3 Å². The zero-order valence-electron chi connectivity index (χ0n) is 15.8. The Morgan fingerprint density at radius 1 is 1.10 bits per heavy atom. The summed E-state index contributed by atoms with van der Waals surface area (Å²) in [5, 5.41) is 15.6. The average molecular weight is 420 g/mol. The number of fused-ring (bicyclic) bond motifs is 4. The number of anilines is 2. The second kappa shape index (κ2) is 6.43. The average Bonchev–Trinajstić information content (AvgIpc) is 3.25. The van der Waals surface area contributed by atoms with Gasteiger partial charge in [0, 0.05) is 11.3 Å². The van der Waals surface area contributed by atoms with Crippen molar-refractivity contribution in [3.05, 3.63) is 63.8 Å². The van der Waals surface area contributed by atoms with Gasteiger partial charge >= 0.3 is 5.97 Å². The summed E-state index contributed by atoms with van der Waals surface area (Å²) in [5.74, 6) is -1.14. The number of nitrogens with one attached hydrogen (secondary N) is 2. The number of methoxy groups -OCH3 is 1. The van der Waals surface area contributed by atoms with E-state index in [1.165, 1.54) is 0 Å². The van der Waals surface area contributed by atoms with Crippen molar-refractivity contribution < 1.29 is 24.2 Å². The summed E-state index contributed by atoms with van der Waals surface area (Å²) in [6.45, 7) is 0. The SMILES string of the molecule is COc1ccc(-c2c(C(=O)O)sc3c2NC(=O)CC32C(=O)Nc3ccccc32)cc1. The second-order valence-corrected chi connectivity index (χ2v) is 8.19. The van der Waals surface area contributed by atoms with Crippen LogP contribution in [0, 0.1) is 0 Å². The number of carboxylic acid groups (broad SMARTS) is 1. The Hall–Kier alpha value is -3.65. The van der Waals surface area contributed by atoms with Crippen molar-refractivity contribution in [3.8, 4) is 16.9 Å². The van der Waals surface area contributed by atoms with E-state index in [-0.39, 0.29) is 23.1 Å². The Morgan fingerprint density at radius 3 is 2.53 bits per heavy atom. The largest absolute Gasteiger partial charge is 0.497 e. The lowest BCUT2D eigenvalue weighted by Gasteiger charge is -2.31. The molecule has 3 N–H and O–H groups in total. The minimum Gasteiger partial charge on any atom is -0.497 e. The van der Waals surface area contributed by atoms with E-state index in [9.17, 15) is 19.5 Å². The van der Waals surface area contributed by atoms with Crippen LogP contribution in [0.25, 0.3) is 11.1 Å². The third-order valence-electron chi connectivity index (χ3n) is 5.58. The molecule has 5 rings (SSSR count). The Labute approximate surface area is 175 Å². The normalized spacial score (nSPS) is 19.1. The van der Waals surface area contributed by atoms with Crippen LogP contribution in [0.4, 0.5) is 11.4 Å². The smallest absolute Gasteiger partial charge is 0.346 e. The summed E-state index contributed by atoms with van der Waals surface area (Å²) in [6.07, 6.45) is -0.0789. The molecule has 0 saturated heterocycles. The maximum atomic E-state index is 13.2. The monoisotopic (exact) mass is 420 g/mol. The highest BCUT2D eigenvalue weighted by Crippen LogP contribution is 2.56. The Morgan fingerprint density at radius 2 is 1.83 bits per heavy atom. The minimum atomic E-state index is -1.24. The fourth-order valence-electron chi connectivity index (χ4n) is 4.26. The van der Waals surface area contributed by atoms with Gasteiger partial charge in [-0.25, -0.2) is 4.79 Å². The second-order valence-electron chi connectivity index (χ2n) is 7.17. The summed E-state index contributed by atoms with van der Waals surface area (Å²) in [4.78, 5) is 38.7. The molecule has 0 radical (unpaired) electrons. The molecule has 30 heavy (non-hydrogen) atoms. The molecule has 3 heterocycles. The van der Waals surface area contributed by atoms with Gasteiger partial charge in [-0.05, 0) is 29.3 Å². The molecular formula is C22H16N2O5S. The van der Waals surface area contributed by atoms with Crippen LogP contribution < -0.4 is 15.4 Å². The van der Waals surface area contributed by atoms with Crippen molar-refractivity contribution in [2.75, 3.05) is 17.7 Å². The number of carbonyl (C=O) groups excluding carboxylic acids is 2. The maximum absolute atomic E-state index is 13.2. The molecule has 7 nitrogen and oxygen atoms in total. The Kier molecular flexibility index (Phi) is 3.94. The van der Waals surface area contributed by atoms with E-state index in [1.54, 1.807) is 37.4 Å². The summed E-state index contributed by atoms with van der Waals surface area (Å²) >= 11 is 1.03. The number of carboxylic acids is 1. The molecule has 1 spiro atoms. The van der Waals surface area contributed by atoms with E-state index in [1.807, 2.05) is 18.2 Å². The fraction of sp³-hybridized carbons (Fsp3) is 0.136. The van der Waals surface area contributed by atoms with E-state index < -0.39 is 11.4 Å². The van der Waals surface area contributed by atoms with Crippen LogP contribution in [0.2, 0.25) is 0 Å². The summed E-state index contributed by atoms with van der Waals surface area (Å²) in [5.41, 5.74) is 1.48. The van der Waals surface area contributed by atoms with Crippen LogP contribution in [0.15, 0.2) is 48.5 Å². The summed E-state index contributed by atoms with van der Waals surface area (Å²) in [7, 11) is 1.55. The van der Waals surface area contributed by atoms with Crippen molar-refractivity contribution in [1.82, 2.24) is 0 Å². The lowest BCUT2D eigenvalue weighted by Crippen LogP contribution is -2.42. The summed E-state index contributed by atoms with van der Waals surface area (Å²) in [6, 6.07) is 14.1. The third kappa shape index (κ3) is 2.40. The summed E-state index contributed by atoms with van der Waals surface area (Å²) < 4.78 is 5.19. The van der Waals surface area contributed by atoms with Gasteiger partial charge in [-0.3, -0.25) is 9.59 Å². The number of para-hydroxylation sites is 1. The van der Waals surface area contributed by atoms with Crippen LogP contribution >= 0.6 is 11.3 Å². The van der Waals surface area contributed by atoms with Gasteiger partial charge in [0.2, 0.25) is 11.8 Å². The molecule has 2 amide bonds. The van der Waals surface area contributed by atoms with Crippen molar-refractivity contribution >= 4 is 40.5 Å². The van der Waals surface area contributed by atoms with Gasteiger partial charge in [-0.15, -0.1) is 11.3 Å². The molecular weight excluding hydrogens is 404 g/mol. The van der Waals surface area contributed by atoms with Crippen LogP contribution in [0.5, 0.6) is 5.75 Å². The van der Waals surface area contributed by atoms with E-state index >= 15 is 0 Å². The fourth-order valence-corrected chi connectivity index (χ4v) is 5.57. The predicted molar refractivity (Wildman–Crippen MR) is 112 cm³/mol. The lowest BCUT2D eigenvalue weighted by molar-refractivity contribution is -0.125. The number of benzene rings is 2. The van der Waals surface area contributed by atoms with Gasteiger partial charge in [0.15, 0.2) is 0 Å². The first-order chi connectivity index (χ1) is 14.5. The van der Waals surface area contributed by atoms with Crippen LogP contribution in [0.3, 0.4) is 0 Å². The zero-order chi connectivity index (χ0) is 21.0. The number of carbonyl (C=O) groups is 3. The van der Waals surface area contributed by atoms with E-state index in [4.69, 9.17) is 4.74 Å². The van der Waals surface area contributed by atoms with Gasteiger partial charge in [0.05, 0.1) is 24.1 Å². The van der Waals surface area contributed by atoms with Crippen molar-refractivity contribution in [1.29, 1.82) is 0 Å².